The quantitative estimate of drug-likeness (QED) is 0.808. The van der Waals surface area contributed by atoms with Crippen molar-refractivity contribution in [2.45, 2.75) is 26.3 Å². The lowest BCUT2D eigenvalue weighted by Crippen LogP contribution is -2.09. The molecular formula is C19H19N3. The molecule has 0 bridgehead atoms. The van der Waals surface area contributed by atoms with Crippen LogP contribution in [0, 0.1) is 17.8 Å². The van der Waals surface area contributed by atoms with Crippen LogP contribution >= 0.6 is 0 Å². The average Bonchev–Trinajstić information content (AvgIpc) is 3.18. The maximum absolute atomic E-state index is 4.32. The Labute approximate surface area is 131 Å². The summed E-state index contributed by atoms with van der Waals surface area (Å²) >= 11 is 0. The largest absolute Gasteiger partial charge is 0.236 e. The van der Waals surface area contributed by atoms with Gasteiger partial charge in [-0.2, -0.15) is 0 Å². The molecule has 0 unspecified atom stereocenters. The topological polar surface area (TPSA) is 30.7 Å². The molecule has 1 aliphatic carbocycles. The lowest BCUT2D eigenvalue weighted by Gasteiger charge is -2.06. The van der Waals surface area contributed by atoms with Crippen molar-refractivity contribution in [2.75, 3.05) is 0 Å². The van der Waals surface area contributed by atoms with Gasteiger partial charge in [-0.1, -0.05) is 67.0 Å². The van der Waals surface area contributed by atoms with E-state index in [0.29, 0.717) is 5.92 Å². The van der Waals surface area contributed by atoms with Gasteiger partial charge in [0.2, 0.25) is 0 Å². The zero-order valence-corrected chi connectivity index (χ0v) is 12.7. The number of benzene rings is 1. The molecule has 0 saturated heterocycles. The third-order valence-electron chi connectivity index (χ3n) is 3.60. The zero-order chi connectivity index (χ0) is 15.2. The van der Waals surface area contributed by atoms with E-state index in [2.05, 4.69) is 53.4 Å². The van der Waals surface area contributed by atoms with Gasteiger partial charge in [0.15, 0.2) is 0 Å². The second-order valence-corrected chi connectivity index (χ2v) is 5.37. The highest BCUT2D eigenvalue weighted by Crippen LogP contribution is 2.14. The van der Waals surface area contributed by atoms with Gasteiger partial charge >= 0.3 is 0 Å². The van der Waals surface area contributed by atoms with Crippen molar-refractivity contribution >= 4 is 0 Å². The van der Waals surface area contributed by atoms with Crippen LogP contribution in [0.25, 0.3) is 0 Å². The Balaban J connectivity index is 1.89. The molecule has 0 spiro atoms. The SMILES string of the molecule is CCCc1nnn(CC2C=CC=C2)c1C#Cc1ccccc1. The maximum atomic E-state index is 4.32. The van der Waals surface area contributed by atoms with Gasteiger partial charge in [0.25, 0.3) is 0 Å². The van der Waals surface area contributed by atoms with Crippen LogP contribution in [0.5, 0.6) is 0 Å². The Morgan fingerprint density at radius 2 is 1.86 bits per heavy atom. The minimum atomic E-state index is 0.383. The van der Waals surface area contributed by atoms with E-state index >= 15 is 0 Å². The number of allylic oxidation sites excluding steroid dienone is 4. The van der Waals surface area contributed by atoms with Crippen molar-refractivity contribution in [3.63, 3.8) is 0 Å². The fourth-order valence-electron chi connectivity index (χ4n) is 2.47. The van der Waals surface area contributed by atoms with Crippen molar-refractivity contribution in [1.29, 1.82) is 0 Å². The Bertz CT molecular complexity index is 730. The molecule has 0 fully saturated rings. The standard InChI is InChI=1S/C19H19N3/c1-2-8-18-19(14-13-16-9-4-3-5-10-16)22(21-20-18)15-17-11-6-7-12-17/h3-7,9-12,17H,2,8,15H2,1H3. The predicted octanol–water partition coefficient (Wildman–Crippen LogP) is 3.37. The predicted molar refractivity (Wildman–Crippen MR) is 88.2 cm³/mol. The monoisotopic (exact) mass is 289 g/mol. The minimum Gasteiger partial charge on any atom is -0.236 e. The molecule has 1 aliphatic rings. The molecule has 2 aromatic rings. The van der Waals surface area contributed by atoms with Gasteiger partial charge in [0, 0.05) is 11.5 Å². The van der Waals surface area contributed by atoms with Crippen molar-refractivity contribution in [1.82, 2.24) is 15.0 Å². The number of hydrogen-bond donors (Lipinski definition) is 0. The van der Waals surface area contributed by atoms with Gasteiger partial charge in [-0.25, -0.2) is 4.68 Å². The molecule has 22 heavy (non-hydrogen) atoms. The molecule has 3 heteroatoms. The molecule has 1 heterocycles. The van der Waals surface area contributed by atoms with E-state index in [9.17, 15) is 0 Å². The van der Waals surface area contributed by atoms with Gasteiger partial charge in [-0.15, -0.1) is 5.10 Å². The van der Waals surface area contributed by atoms with Crippen LogP contribution in [0.3, 0.4) is 0 Å². The summed E-state index contributed by atoms with van der Waals surface area (Å²) in [6.07, 6.45) is 10.5. The van der Waals surface area contributed by atoms with Crippen LogP contribution < -0.4 is 0 Å². The molecular weight excluding hydrogens is 270 g/mol. The first-order chi connectivity index (χ1) is 10.9. The van der Waals surface area contributed by atoms with Crippen LogP contribution in [0.2, 0.25) is 0 Å². The summed E-state index contributed by atoms with van der Waals surface area (Å²) in [6, 6.07) is 10.0. The van der Waals surface area contributed by atoms with Gasteiger partial charge in [0.1, 0.15) is 5.69 Å². The fraction of sp³-hybridized carbons (Fsp3) is 0.263. The van der Waals surface area contributed by atoms with Crippen molar-refractivity contribution in [3.05, 3.63) is 71.6 Å². The number of hydrogen-bond acceptors (Lipinski definition) is 2. The van der Waals surface area contributed by atoms with E-state index < -0.39 is 0 Å². The lowest BCUT2D eigenvalue weighted by molar-refractivity contribution is 0.535. The zero-order valence-electron chi connectivity index (χ0n) is 12.7. The first-order valence-corrected chi connectivity index (χ1v) is 7.71. The molecule has 110 valence electrons. The van der Waals surface area contributed by atoms with E-state index in [4.69, 9.17) is 0 Å². The third kappa shape index (κ3) is 3.35. The third-order valence-corrected chi connectivity index (χ3v) is 3.60. The van der Waals surface area contributed by atoms with Crippen molar-refractivity contribution in [2.24, 2.45) is 5.92 Å². The van der Waals surface area contributed by atoms with E-state index in [1.54, 1.807) is 0 Å². The maximum Gasteiger partial charge on any atom is 0.135 e. The normalized spacial score (nSPS) is 13.3. The van der Waals surface area contributed by atoms with E-state index in [1.165, 1.54) is 0 Å². The van der Waals surface area contributed by atoms with E-state index in [1.807, 2.05) is 35.0 Å². The molecule has 0 amide bonds. The highest BCUT2D eigenvalue weighted by atomic mass is 15.4. The summed E-state index contributed by atoms with van der Waals surface area (Å²) in [5.74, 6) is 6.88. The summed E-state index contributed by atoms with van der Waals surface area (Å²) < 4.78 is 1.94. The molecule has 3 nitrogen and oxygen atoms in total. The molecule has 1 aromatic carbocycles. The van der Waals surface area contributed by atoms with Crippen LogP contribution in [-0.2, 0) is 13.0 Å². The summed E-state index contributed by atoms with van der Waals surface area (Å²) in [5.41, 5.74) is 2.95. The molecule has 0 atom stereocenters. The molecule has 1 aromatic heterocycles. The van der Waals surface area contributed by atoms with Crippen LogP contribution in [0.1, 0.15) is 30.3 Å². The van der Waals surface area contributed by atoms with Gasteiger partial charge in [0.05, 0.1) is 12.2 Å². The molecule has 3 rings (SSSR count). The van der Waals surface area contributed by atoms with E-state index in [0.717, 1.165) is 36.3 Å². The Morgan fingerprint density at radius 1 is 1.09 bits per heavy atom. The number of rotatable bonds is 4. The Morgan fingerprint density at radius 3 is 2.59 bits per heavy atom. The average molecular weight is 289 g/mol. The first-order valence-electron chi connectivity index (χ1n) is 7.71. The summed E-state index contributed by atoms with van der Waals surface area (Å²) in [6.45, 7) is 2.94. The van der Waals surface area contributed by atoms with Crippen molar-refractivity contribution < 1.29 is 0 Å². The number of nitrogens with zero attached hydrogens (tertiary/aromatic N) is 3. The fourth-order valence-corrected chi connectivity index (χ4v) is 2.47. The van der Waals surface area contributed by atoms with Crippen LogP contribution in [0.15, 0.2) is 54.6 Å². The molecule has 0 saturated carbocycles. The van der Waals surface area contributed by atoms with Crippen LogP contribution in [0.4, 0.5) is 0 Å². The molecule has 0 radical (unpaired) electrons. The van der Waals surface area contributed by atoms with E-state index in [-0.39, 0.29) is 0 Å². The number of aromatic nitrogens is 3. The van der Waals surface area contributed by atoms with Gasteiger partial charge < -0.3 is 0 Å². The summed E-state index contributed by atoms with van der Waals surface area (Å²) in [4.78, 5) is 0. The minimum absolute atomic E-state index is 0.383. The summed E-state index contributed by atoms with van der Waals surface area (Å²) in [5, 5.41) is 8.63. The lowest BCUT2D eigenvalue weighted by atomic mass is 10.1. The van der Waals surface area contributed by atoms with Gasteiger partial charge in [-0.3, -0.25) is 0 Å². The van der Waals surface area contributed by atoms with Crippen LogP contribution in [-0.4, -0.2) is 15.0 Å². The highest BCUT2D eigenvalue weighted by Gasteiger charge is 2.13. The highest BCUT2D eigenvalue weighted by molar-refractivity contribution is 5.41. The molecule has 0 aliphatic heterocycles. The first kappa shape index (κ1) is 14.3. The number of aryl methyl sites for hydroxylation is 1. The Hall–Kier alpha value is -2.60. The second kappa shape index (κ2) is 6.91. The Kier molecular flexibility index (Phi) is 4.50. The smallest absolute Gasteiger partial charge is 0.135 e. The summed E-state index contributed by atoms with van der Waals surface area (Å²) in [7, 11) is 0. The van der Waals surface area contributed by atoms with Crippen molar-refractivity contribution in [3.8, 4) is 11.8 Å². The van der Waals surface area contributed by atoms with Gasteiger partial charge in [-0.05, 0) is 24.5 Å². The molecule has 0 N–H and O–H groups in total. The second-order valence-electron chi connectivity index (χ2n) is 5.37.